The van der Waals surface area contributed by atoms with Crippen molar-refractivity contribution in [3.05, 3.63) is 0 Å². The zero-order chi connectivity index (χ0) is 15.7. The summed E-state index contributed by atoms with van der Waals surface area (Å²) >= 11 is 0. The number of amides is 2. The van der Waals surface area contributed by atoms with Gasteiger partial charge in [0.15, 0.2) is 0 Å². The molecular formula is C16H28N4O2. The average molecular weight is 308 g/mol. The summed E-state index contributed by atoms with van der Waals surface area (Å²) in [6.07, 6.45) is 5.99. The first kappa shape index (κ1) is 15.7. The molecule has 1 aliphatic carbocycles. The molecule has 2 atom stereocenters. The molecule has 0 aromatic heterocycles. The second kappa shape index (κ2) is 6.16. The summed E-state index contributed by atoms with van der Waals surface area (Å²) in [6.45, 7) is 2.56. The number of nitrogens with zero attached hydrogens (tertiary/aromatic N) is 2. The third kappa shape index (κ3) is 3.27. The fourth-order valence-electron chi connectivity index (χ4n) is 3.70. The minimum atomic E-state index is -0.187. The van der Waals surface area contributed by atoms with Crippen LogP contribution >= 0.6 is 0 Å². The van der Waals surface area contributed by atoms with Gasteiger partial charge in [-0.3, -0.25) is 19.4 Å². The lowest BCUT2D eigenvalue weighted by molar-refractivity contribution is -0.128. The van der Waals surface area contributed by atoms with E-state index >= 15 is 0 Å². The van der Waals surface area contributed by atoms with E-state index in [-0.39, 0.29) is 29.4 Å². The lowest BCUT2D eigenvalue weighted by Gasteiger charge is -2.25. The third-order valence-electron chi connectivity index (χ3n) is 5.49. The van der Waals surface area contributed by atoms with E-state index in [2.05, 4.69) is 20.4 Å². The van der Waals surface area contributed by atoms with Gasteiger partial charge in [-0.25, -0.2) is 0 Å². The Bertz CT molecular complexity index is 449. The lowest BCUT2D eigenvalue weighted by Crippen LogP contribution is -2.53. The van der Waals surface area contributed by atoms with Gasteiger partial charge in [-0.15, -0.1) is 0 Å². The normalized spacial score (nSPS) is 31.2. The van der Waals surface area contributed by atoms with Gasteiger partial charge in [-0.05, 0) is 65.7 Å². The van der Waals surface area contributed by atoms with Crippen LogP contribution in [-0.4, -0.2) is 73.0 Å². The highest BCUT2D eigenvalue weighted by atomic mass is 16.2. The Morgan fingerprint density at radius 1 is 1.00 bits per heavy atom. The van der Waals surface area contributed by atoms with Crippen LogP contribution in [0.3, 0.4) is 0 Å². The van der Waals surface area contributed by atoms with Gasteiger partial charge in [0.2, 0.25) is 11.8 Å². The molecule has 6 nitrogen and oxygen atoms in total. The second-order valence-electron chi connectivity index (χ2n) is 7.26. The van der Waals surface area contributed by atoms with Crippen LogP contribution in [-0.2, 0) is 9.59 Å². The standard InChI is InChI=1S/C16H28N4O2/c1-19-9-3-5-12(19)14(21)17-11-16(7-8-16)18-15(22)13-6-4-10-20(13)2/h12-13H,3-11H2,1-2H3,(H,17,21)(H,18,22). The molecule has 2 saturated heterocycles. The number of rotatable bonds is 5. The lowest BCUT2D eigenvalue weighted by atomic mass is 10.1. The van der Waals surface area contributed by atoms with Crippen LogP contribution in [0.4, 0.5) is 0 Å². The molecule has 3 aliphatic rings. The number of hydrogen-bond acceptors (Lipinski definition) is 4. The van der Waals surface area contributed by atoms with Gasteiger partial charge in [-0.2, -0.15) is 0 Å². The van der Waals surface area contributed by atoms with Gasteiger partial charge in [-0.1, -0.05) is 0 Å². The number of carbonyl (C=O) groups excluding carboxylic acids is 2. The van der Waals surface area contributed by atoms with Crippen molar-refractivity contribution in [3.63, 3.8) is 0 Å². The van der Waals surface area contributed by atoms with Crippen LogP contribution in [0.25, 0.3) is 0 Å². The van der Waals surface area contributed by atoms with E-state index in [1.54, 1.807) is 0 Å². The predicted molar refractivity (Wildman–Crippen MR) is 84.4 cm³/mol. The van der Waals surface area contributed by atoms with Crippen LogP contribution in [0.1, 0.15) is 38.5 Å². The molecule has 2 aliphatic heterocycles. The Morgan fingerprint density at radius 3 is 2.00 bits per heavy atom. The molecule has 1 saturated carbocycles. The number of nitrogens with one attached hydrogen (secondary N) is 2. The summed E-state index contributed by atoms with van der Waals surface area (Å²) < 4.78 is 0. The Morgan fingerprint density at radius 2 is 1.55 bits per heavy atom. The summed E-state index contributed by atoms with van der Waals surface area (Å²) in [4.78, 5) is 28.9. The van der Waals surface area contributed by atoms with Crippen molar-refractivity contribution >= 4 is 11.8 Å². The zero-order valence-electron chi connectivity index (χ0n) is 13.7. The van der Waals surface area contributed by atoms with Crippen LogP contribution in [0, 0.1) is 0 Å². The van der Waals surface area contributed by atoms with E-state index in [9.17, 15) is 9.59 Å². The Hall–Kier alpha value is -1.14. The molecule has 2 amide bonds. The maximum atomic E-state index is 12.4. The van der Waals surface area contributed by atoms with Crippen molar-refractivity contribution in [2.75, 3.05) is 33.7 Å². The maximum absolute atomic E-state index is 12.4. The molecule has 3 fully saturated rings. The van der Waals surface area contributed by atoms with E-state index < -0.39 is 0 Å². The van der Waals surface area contributed by atoms with Crippen molar-refractivity contribution < 1.29 is 9.59 Å². The van der Waals surface area contributed by atoms with Gasteiger partial charge < -0.3 is 10.6 Å². The largest absolute Gasteiger partial charge is 0.352 e. The summed E-state index contributed by atoms with van der Waals surface area (Å²) in [7, 11) is 4.01. The first-order valence-electron chi connectivity index (χ1n) is 8.51. The second-order valence-corrected chi connectivity index (χ2v) is 7.26. The molecule has 124 valence electrons. The predicted octanol–water partition coefficient (Wildman–Crippen LogP) is -0.0602. The van der Waals surface area contributed by atoms with E-state index in [0.717, 1.165) is 51.6 Å². The van der Waals surface area contributed by atoms with E-state index in [4.69, 9.17) is 0 Å². The molecule has 3 rings (SSSR count). The van der Waals surface area contributed by atoms with E-state index in [1.807, 2.05) is 14.1 Å². The Balaban J connectivity index is 1.47. The molecule has 2 unspecified atom stereocenters. The maximum Gasteiger partial charge on any atom is 0.237 e. The number of likely N-dealkylation sites (N-methyl/N-ethyl adjacent to an activating group) is 2. The van der Waals surface area contributed by atoms with Crippen molar-refractivity contribution in [2.24, 2.45) is 0 Å². The summed E-state index contributed by atoms with van der Waals surface area (Å²) in [6, 6.07) is 0.0154. The molecular weight excluding hydrogens is 280 g/mol. The fraction of sp³-hybridized carbons (Fsp3) is 0.875. The highest BCUT2D eigenvalue weighted by Crippen LogP contribution is 2.35. The van der Waals surface area contributed by atoms with Crippen molar-refractivity contribution in [1.82, 2.24) is 20.4 Å². The van der Waals surface area contributed by atoms with Crippen LogP contribution in [0.15, 0.2) is 0 Å². The molecule has 2 heterocycles. The molecule has 2 N–H and O–H groups in total. The van der Waals surface area contributed by atoms with Crippen LogP contribution < -0.4 is 10.6 Å². The molecule has 0 spiro atoms. The van der Waals surface area contributed by atoms with Gasteiger partial charge in [0.25, 0.3) is 0 Å². The van der Waals surface area contributed by atoms with Crippen LogP contribution in [0.5, 0.6) is 0 Å². The van der Waals surface area contributed by atoms with Gasteiger partial charge in [0, 0.05) is 6.54 Å². The van der Waals surface area contributed by atoms with Gasteiger partial charge in [0.05, 0.1) is 17.6 Å². The first-order chi connectivity index (χ1) is 10.5. The zero-order valence-corrected chi connectivity index (χ0v) is 13.7. The minimum Gasteiger partial charge on any atom is -0.352 e. The molecule has 6 heteroatoms. The monoisotopic (exact) mass is 308 g/mol. The number of hydrogen-bond donors (Lipinski definition) is 2. The highest BCUT2D eigenvalue weighted by molar-refractivity contribution is 5.84. The number of carbonyl (C=O) groups is 2. The minimum absolute atomic E-state index is 0.00691. The summed E-state index contributed by atoms with van der Waals surface area (Å²) in [5.41, 5.74) is -0.187. The average Bonchev–Trinajstić information content (AvgIpc) is 2.89. The molecule has 0 bridgehead atoms. The van der Waals surface area contributed by atoms with E-state index in [0.29, 0.717) is 6.54 Å². The fourth-order valence-corrected chi connectivity index (χ4v) is 3.70. The molecule has 0 aromatic carbocycles. The molecule has 0 radical (unpaired) electrons. The number of likely N-dealkylation sites (tertiary alicyclic amines) is 2. The molecule has 22 heavy (non-hydrogen) atoms. The van der Waals surface area contributed by atoms with Crippen molar-refractivity contribution in [3.8, 4) is 0 Å². The van der Waals surface area contributed by atoms with Crippen molar-refractivity contribution in [1.29, 1.82) is 0 Å². The topological polar surface area (TPSA) is 64.7 Å². The Kier molecular flexibility index (Phi) is 4.41. The summed E-state index contributed by atoms with van der Waals surface area (Å²) in [5, 5.41) is 6.24. The van der Waals surface area contributed by atoms with Gasteiger partial charge in [0.1, 0.15) is 0 Å². The van der Waals surface area contributed by atoms with Crippen molar-refractivity contribution in [2.45, 2.75) is 56.1 Å². The molecule has 0 aromatic rings. The van der Waals surface area contributed by atoms with Gasteiger partial charge >= 0.3 is 0 Å². The SMILES string of the molecule is CN1CCCC1C(=O)NCC1(NC(=O)C2CCCN2C)CC1. The van der Waals surface area contributed by atoms with Crippen LogP contribution in [0.2, 0.25) is 0 Å². The smallest absolute Gasteiger partial charge is 0.237 e. The summed E-state index contributed by atoms with van der Waals surface area (Å²) in [5.74, 6) is 0.239. The van der Waals surface area contributed by atoms with E-state index in [1.165, 1.54) is 0 Å². The first-order valence-corrected chi connectivity index (χ1v) is 8.51. The quantitative estimate of drug-likeness (QED) is 0.747. The third-order valence-corrected chi connectivity index (χ3v) is 5.49. The highest BCUT2D eigenvalue weighted by Gasteiger charge is 2.46. The Labute approximate surface area is 132 Å².